The van der Waals surface area contributed by atoms with Crippen LogP contribution >= 0.6 is 22.9 Å². The molecule has 0 atom stereocenters. The fourth-order valence-corrected chi connectivity index (χ4v) is 3.07. The fourth-order valence-electron chi connectivity index (χ4n) is 2.28. The highest BCUT2D eigenvalue weighted by molar-refractivity contribution is 7.14. The van der Waals surface area contributed by atoms with E-state index in [9.17, 15) is 0 Å². The Balaban J connectivity index is 1.66. The van der Waals surface area contributed by atoms with Gasteiger partial charge in [-0.05, 0) is 42.8 Å². The predicted molar refractivity (Wildman–Crippen MR) is 108 cm³/mol. The number of methoxy groups -OCH3 is 1. The van der Waals surface area contributed by atoms with Crippen molar-refractivity contribution < 1.29 is 9.47 Å². The first-order chi connectivity index (χ1) is 12.7. The second kappa shape index (κ2) is 8.69. The molecule has 2 aromatic carbocycles. The van der Waals surface area contributed by atoms with Crippen molar-refractivity contribution in [2.24, 2.45) is 5.10 Å². The normalized spacial score (nSPS) is 10.9. The molecule has 0 spiro atoms. The lowest BCUT2D eigenvalue weighted by Gasteiger charge is -2.09. The van der Waals surface area contributed by atoms with Gasteiger partial charge in [-0.3, -0.25) is 5.43 Å². The van der Waals surface area contributed by atoms with E-state index in [1.54, 1.807) is 13.3 Å². The molecule has 134 valence electrons. The van der Waals surface area contributed by atoms with E-state index in [2.05, 4.69) is 15.5 Å². The number of aromatic nitrogens is 1. The molecule has 5 nitrogen and oxygen atoms in total. The molecule has 0 saturated heterocycles. The van der Waals surface area contributed by atoms with Gasteiger partial charge in [0.05, 0.1) is 25.6 Å². The van der Waals surface area contributed by atoms with Crippen LogP contribution in [0.15, 0.2) is 52.9 Å². The van der Waals surface area contributed by atoms with Gasteiger partial charge in [0.2, 0.25) is 5.13 Å². The standard InChI is InChI=1S/C19H18ClN3O2S/c1-3-25-17-9-4-13(10-18(17)24-2)11-21-23-19-22-16(12-26-19)14-5-7-15(20)8-6-14/h4-12H,3H2,1-2H3,(H,22,23)/b21-11+. The van der Waals surface area contributed by atoms with E-state index < -0.39 is 0 Å². The minimum Gasteiger partial charge on any atom is -0.493 e. The van der Waals surface area contributed by atoms with Crippen molar-refractivity contribution in [1.29, 1.82) is 0 Å². The maximum Gasteiger partial charge on any atom is 0.203 e. The van der Waals surface area contributed by atoms with Crippen LogP contribution in [0.1, 0.15) is 12.5 Å². The lowest BCUT2D eigenvalue weighted by atomic mass is 10.2. The second-order valence-electron chi connectivity index (χ2n) is 5.26. The third-order valence-corrected chi connectivity index (χ3v) is 4.50. The van der Waals surface area contributed by atoms with E-state index in [0.717, 1.165) is 16.8 Å². The Hall–Kier alpha value is -2.57. The minimum atomic E-state index is 0.589. The number of ether oxygens (including phenoxy) is 2. The Labute approximate surface area is 161 Å². The molecule has 0 bridgehead atoms. The lowest BCUT2D eigenvalue weighted by Crippen LogP contribution is -1.96. The second-order valence-corrected chi connectivity index (χ2v) is 6.55. The quantitative estimate of drug-likeness (QED) is 0.440. The zero-order valence-corrected chi connectivity index (χ0v) is 16.0. The Morgan fingerprint density at radius 3 is 2.73 bits per heavy atom. The zero-order chi connectivity index (χ0) is 18.4. The van der Waals surface area contributed by atoms with Crippen molar-refractivity contribution in [3.63, 3.8) is 0 Å². The van der Waals surface area contributed by atoms with Crippen LogP contribution in [-0.4, -0.2) is 24.9 Å². The summed E-state index contributed by atoms with van der Waals surface area (Å²) in [6.07, 6.45) is 1.71. The van der Waals surface area contributed by atoms with Crippen LogP contribution in [0.25, 0.3) is 11.3 Å². The predicted octanol–water partition coefficient (Wildman–Crippen LogP) is 5.32. The van der Waals surface area contributed by atoms with Gasteiger partial charge >= 0.3 is 0 Å². The molecule has 1 aromatic heterocycles. The van der Waals surface area contributed by atoms with Gasteiger partial charge in [-0.1, -0.05) is 23.7 Å². The summed E-state index contributed by atoms with van der Waals surface area (Å²) in [5.74, 6) is 1.39. The summed E-state index contributed by atoms with van der Waals surface area (Å²) < 4.78 is 10.8. The molecular weight excluding hydrogens is 370 g/mol. The number of hydrogen-bond acceptors (Lipinski definition) is 6. The monoisotopic (exact) mass is 387 g/mol. The van der Waals surface area contributed by atoms with Gasteiger partial charge in [-0.25, -0.2) is 4.98 Å². The zero-order valence-electron chi connectivity index (χ0n) is 14.4. The topological polar surface area (TPSA) is 55.7 Å². The van der Waals surface area contributed by atoms with E-state index in [0.29, 0.717) is 28.3 Å². The lowest BCUT2D eigenvalue weighted by molar-refractivity contribution is 0.311. The van der Waals surface area contributed by atoms with Crippen LogP contribution in [0, 0.1) is 0 Å². The number of nitrogens with zero attached hydrogens (tertiary/aromatic N) is 2. The van der Waals surface area contributed by atoms with E-state index in [1.165, 1.54) is 11.3 Å². The number of rotatable bonds is 7. The van der Waals surface area contributed by atoms with Gasteiger partial charge in [-0.2, -0.15) is 5.10 Å². The Morgan fingerprint density at radius 1 is 1.19 bits per heavy atom. The van der Waals surface area contributed by atoms with E-state index in [1.807, 2.05) is 54.8 Å². The SMILES string of the molecule is CCOc1ccc(/C=N/Nc2nc(-c3ccc(Cl)cc3)cs2)cc1OC. The smallest absolute Gasteiger partial charge is 0.203 e. The van der Waals surface area contributed by atoms with Gasteiger partial charge in [0.15, 0.2) is 11.5 Å². The third kappa shape index (κ3) is 4.53. The average molecular weight is 388 g/mol. The molecule has 0 aliphatic heterocycles. The number of thiazole rings is 1. The molecule has 0 saturated carbocycles. The summed E-state index contributed by atoms with van der Waals surface area (Å²) in [5.41, 5.74) is 5.74. The molecule has 3 rings (SSSR count). The molecule has 26 heavy (non-hydrogen) atoms. The van der Waals surface area contributed by atoms with Gasteiger partial charge < -0.3 is 9.47 Å². The summed E-state index contributed by atoms with van der Waals surface area (Å²) in [6, 6.07) is 13.2. The van der Waals surface area contributed by atoms with Crippen LogP contribution in [0.5, 0.6) is 11.5 Å². The van der Waals surface area contributed by atoms with E-state index in [-0.39, 0.29) is 0 Å². The molecule has 1 N–H and O–H groups in total. The van der Waals surface area contributed by atoms with Crippen molar-refractivity contribution in [2.45, 2.75) is 6.92 Å². The summed E-state index contributed by atoms with van der Waals surface area (Å²) in [7, 11) is 1.62. The van der Waals surface area contributed by atoms with Crippen LogP contribution in [0.4, 0.5) is 5.13 Å². The molecule has 0 aliphatic carbocycles. The maximum atomic E-state index is 5.91. The highest BCUT2D eigenvalue weighted by Gasteiger charge is 2.05. The number of hydrogen-bond donors (Lipinski definition) is 1. The molecule has 1 heterocycles. The van der Waals surface area contributed by atoms with Crippen molar-refractivity contribution in [3.8, 4) is 22.8 Å². The number of benzene rings is 2. The van der Waals surface area contributed by atoms with Crippen LogP contribution in [-0.2, 0) is 0 Å². The van der Waals surface area contributed by atoms with Crippen LogP contribution in [0.2, 0.25) is 5.02 Å². The molecule has 7 heteroatoms. The first-order valence-corrected chi connectivity index (χ1v) is 9.26. The number of anilines is 1. The minimum absolute atomic E-state index is 0.589. The maximum absolute atomic E-state index is 5.91. The highest BCUT2D eigenvalue weighted by atomic mass is 35.5. The summed E-state index contributed by atoms with van der Waals surface area (Å²) in [6.45, 7) is 2.52. The number of halogens is 1. The van der Waals surface area contributed by atoms with Gasteiger partial charge in [0.25, 0.3) is 0 Å². The largest absolute Gasteiger partial charge is 0.493 e. The third-order valence-electron chi connectivity index (χ3n) is 3.51. The van der Waals surface area contributed by atoms with E-state index >= 15 is 0 Å². The van der Waals surface area contributed by atoms with Crippen molar-refractivity contribution in [3.05, 3.63) is 58.4 Å². The Kier molecular flexibility index (Phi) is 6.09. The van der Waals surface area contributed by atoms with Crippen molar-refractivity contribution in [1.82, 2.24) is 4.98 Å². The number of nitrogens with one attached hydrogen (secondary N) is 1. The molecule has 0 amide bonds. The average Bonchev–Trinajstić information content (AvgIpc) is 3.12. The molecule has 3 aromatic rings. The molecular formula is C19H18ClN3O2S. The first kappa shape index (κ1) is 18.2. The van der Waals surface area contributed by atoms with Crippen molar-refractivity contribution >= 4 is 34.3 Å². The van der Waals surface area contributed by atoms with Crippen molar-refractivity contribution in [2.75, 3.05) is 19.1 Å². The molecule has 0 aliphatic rings. The summed E-state index contributed by atoms with van der Waals surface area (Å²) in [4.78, 5) is 4.52. The van der Waals surface area contributed by atoms with Crippen LogP contribution < -0.4 is 14.9 Å². The molecule has 0 unspecified atom stereocenters. The summed E-state index contributed by atoms with van der Waals surface area (Å²) in [5, 5.41) is 7.63. The molecule has 0 radical (unpaired) electrons. The van der Waals surface area contributed by atoms with Gasteiger partial charge in [0, 0.05) is 16.0 Å². The van der Waals surface area contributed by atoms with Gasteiger partial charge in [-0.15, -0.1) is 11.3 Å². The van der Waals surface area contributed by atoms with E-state index in [4.69, 9.17) is 21.1 Å². The molecule has 0 fully saturated rings. The fraction of sp³-hybridized carbons (Fsp3) is 0.158. The highest BCUT2D eigenvalue weighted by Crippen LogP contribution is 2.28. The Bertz CT molecular complexity index is 894. The Morgan fingerprint density at radius 2 is 2.00 bits per heavy atom. The van der Waals surface area contributed by atoms with Crippen LogP contribution in [0.3, 0.4) is 0 Å². The first-order valence-electron chi connectivity index (χ1n) is 8.01. The number of hydrazone groups is 1. The van der Waals surface area contributed by atoms with Gasteiger partial charge in [0.1, 0.15) is 0 Å². The summed E-state index contributed by atoms with van der Waals surface area (Å²) >= 11 is 7.40.